The summed E-state index contributed by atoms with van der Waals surface area (Å²) in [5.74, 6) is 0.846. The molecule has 0 spiro atoms. The van der Waals surface area contributed by atoms with Gasteiger partial charge in [0.05, 0.1) is 0 Å². The molecule has 0 amide bonds. The van der Waals surface area contributed by atoms with Crippen LogP contribution in [-0.4, -0.2) is 32.4 Å². The van der Waals surface area contributed by atoms with Gasteiger partial charge in [0.15, 0.2) is 0 Å². The second-order valence-electron chi connectivity index (χ2n) is 5.03. The van der Waals surface area contributed by atoms with Crippen LogP contribution in [0.2, 0.25) is 5.82 Å². The first-order chi connectivity index (χ1) is 7.20. The highest BCUT2D eigenvalue weighted by molar-refractivity contribution is 6.11. The molecule has 0 aliphatic heterocycles. The lowest BCUT2D eigenvalue weighted by Gasteiger charge is -2.21. The Morgan fingerprint density at radius 2 is 1.67 bits per heavy atom. The Morgan fingerprint density at radius 1 is 1.00 bits per heavy atom. The Hall–Kier alpha value is 0.0249. The molecule has 0 aliphatic rings. The SMILES string of the molecule is BC(C)CCN(CC)CCCCCCC. The summed E-state index contributed by atoms with van der Waals surface area (Å²) in [5.41, 5.74) is 0. The molecule has 1 unspecified atom stereocenters. The first kappa shape index (κ1) is 15.0. The van der Waals surface area contributed by atoms with Crippen molar-refractivity contribution in [2.75, 3.05) is 19.6 Å². The van der Waals surface area contributed by atoms with Crippen LogP contribution in [0.4, 0.5) is 0 Å². The van der Waals surface area contributed by atoms with Gasteiger partial charge in [0.25, 0.3) is 0 Å². The fourth-order valence-electron chi connectivity index (χ4n) is 1.81. The van der Waals surface area contributed by atoms with E-state index >= 15 is 0 Å². The zero-order chi connectivity index (χ0) is 11.5. The highest BCUT2D eigenvalue weighted by atomic mass is 15.1. The molecule has 1 nitrogen and oxygen atoms in total. The highest BCUT2D eigenvalue weighted by Gasteiger charge is 2.03. The molecule has 0 fully saturated rings. The number of nitrogens with zero attached hydrogens (tertiary/aromatic N) is 1. The third-order valence-electron chi connectivity index (χ3n) is 3.05. The van der Waals surface area contributed by atoms with Gasteiger partial charge < -0.3 is 4.90 Å². The Balaban J connectivity index is 3.36. The number of rotatable bonds is 10. The van der Waals surface area contributed by atoms with Crippen molar-refractivity contribution in [3.8, 4) is 0 Å². The summed E-state index contributed by atoms with van der Waals surface area (Å²) in [6, 6.07) is 0. The van der Waals surface area contributed by atoms with E-state index in [4.69, 9.17) is 0 Å². The Morgan fingerprint density at radius 3 is 2.20 bits per heavy atom. The molecule has 0 heterocycles. The summed E-state index contributed by atoms with van der Waals surface area (Å²) in [6.07, 6.45) is 8.36. The average Bonchev–Trinajstić information content (AvgIpc) is 2.22. The summed E-state index contributed by atoms with van der Waals surface area (Å²) in [7, 11) is 2.31. The van der Waals surface area contributed by atoms with Crippen molar-refractivity contribution >= 4 is 7.85 Å². The van der Waals surface area contributed by atoms with E-state index in [0.717, 1.165) is 5.82 Å². The number of unbranched alkanes of at least 4 members (excludes halogenated alkanes) is 4. The van der Waals surface area contributed by atoms with Crippen LogP contribution in [0.25, 0.3) is 0 Å². The molecule has 90 valence electrons. The average molecular weight is 211 g/mol. The van der Waals surface area contributed by atoms with Crippen molar-refractivity contribution in [1.29, 1.82) is 0 Å². The molecular weight excluding hydrogens is 181 g/mol. The third-order valence-corrected chi connectivity index (χ3v) is 3.05. The molecule has 0 aromatic rings. The minimum absolute atomic E-state index is 0.846. The van der Waals surface area contributed by atoms with Gasteiger partial charge in [-0.15, -0.1) is 0 Å². The molecule has 0 aliphatic carbocycles. The Bertz CT molecular complexity index is 126. The van der Waals surface area contributed by atoms with Crippen molar-refractivity contribution in [3.63, 3.8) is 0 Å². The van der Waals surface area contributed by atoms with Gasteiger partial charge >= 0.3 is 0 Å². The smallest absolute Gasteiger partial charge is 0.105 e. The predicted molar refractivity (Wildman–Crippen MR) is 73.5 cm³/mol. The standard InChI is InChI=1S/C13H30BN/c1-4-6-7-8-9-11-15(5-2)12-10-13(3)14/h13H,4-12,14H2,1-3H3. The lowest BCUT2D eigenvalue weighted by atomic mass is 9.86. The molecule has 0 aromatic heterocycles. The van der Waals surface area contributed by atoms with E-state index in [0.29, 0.717) is 0 Å². The van der Waals surface area contributed by atoms with E-state index in [1.165, 1.54) is 58.2 Å². The molecule has 15 heavy (non-hydrogen) atoms. The Kier molecular flexibility index (Phi) is 10.6. The van der Waals surface area contributed by atoms with Crippen LogP contribution in [0.1, 0.15) is 59.3 Å². The van der Waals surface area contributed by atoms with Crippen LogP contribution in [0, 0.1) is 0 Å². The van der Waals surface area contributed by atoms with Gasteiger partial charge in [-0.05, 0) is 32.5 Å². The summed E-state index contributed by atoms with van der Waals surface area (Å²) >= 11 is 0. The highest BCUT2D eigenvalue weighted by Crippen LogP contribution is 2.07. The zero-order valence-corrected chi connectivity index (χ0v) is 11.4. The molecule has 0 radical (unpaired) electrons. The van der Waals surface area contributed by atoms with Crippen LogP contribution in [0.5, 0.6) is 0 Å². The third kappa shape index (κ3) is 10.3. The normalized spacial score (nSPS) is 13.3. The number of hydrogen-bond acceptors (Lipinski definition) is 1. The van der Waals surface area contributed by atoms with E-state index in [2.05, 4.69) is 33.5 Å². The van der Waals surface area contributed by atoms with E-state index in [9.17, 15) is 0 Å². The molecule has 0 saturated carbocycles. The van der Waals surface area contributed by atoms with Crippen molar-refractivity contribution < 1.29 is 0 Å². The van der Waals surface area contributed by atoms with Crippen LogP contribution in [0.15, 0.2) is 0 Å². The van der Waals surface area contributed by atoms with E-state index < -0.39 is 0 Å². The molecule has 1 atom stereocenters. The lowest BCUT2D eigenvalue weighted by molar-refractivity contribution is 0.276. The molecule has 0 bridgehead atoms. The van der Waals surface area contributed by atoms with Crippen molar-refractivity contribution in [3.05, 3.63) is 0 Å². The van der Waals surface area contributed by atoms with Crippen LogP contribution in [0.3, 0.4) is 0 Å². The fraction of sp³-hybridized carbons (Fsp3) is 1.00. The van der Waals surface area contributed by atoms with Gasteiger partial charge in [0.1, 0.15) is 7.85 Å². The molecular formula is C13H30BN. The second kappa shape index (κ2) is 10.5. The summed E-state index contributed by atoms with van der Waals surface area (Å²) in [4.78, 5) is 2.60. The maximum atomic E-state index is 2.60. The summed E-state index contributed by atoms with van der Waals surface area (Å²) in [5, 5.41) is 0. The van der Waals surface area contributed by atoms with Crippen LogP contribution < -0.4 is 0 Å². The van der Waals surface area contributed by atoms with Gasteiger partial charge in [0, 0.05) is 0 Å². The summed E-state index contributed by atoms with van der Waals surface area (Å²) in [6.45, 7) is 10.7. The molecule has 0 N–H and O–H groups in total. The van der Waals surface area contributed by atoms with E-state index in [1.807, 2.05) is 0 Å². The first-order valence-electron chi connectivity index (χ1n) is 6.93. The number of hydrogen-bond donors (Lipinski definition) is 0. The molecule has 0 rings (SSSR count). The molecule has 0 aromatic carbocycles. The molecule has 0 saturated heterocycles. The summed E-state index contributed by atoms with van der Waals surface area (Å²) < 4.78 is 0. The minimum atomic E-state index is 0.846. The quantitative estimate of drug-likeness (QED) is 0.396. The van der Waals surface area contributed by atoms with E-state index in [-0.39, 0.29) is 0 Å². The van der Waals surface area contributed by atoms with Crippen molar-refractivity contribution in [1.82, 2.24) is 4.90 Å². The maximum Gasteiger partial charge on any atom is 0.105 e. The van der Waals surface area contributed by atoms with Gasteiger partial charge in [-0.1, -0.05) is 52.3 Å². The topological polar surface area (TPSA) is 3.24 Å². The maximum absolute atomic E-state index is 2.60. The van der Waals surface area contributed by atoms with Gasteiger partial charge in [-0.2, -0.15) is 0 Å². The Labute approximate surface area is 98.0 Å². The fourth-order valence-corrected chi connectivity index (χ4v) is 1.81. The lowest BCUT2D eigenvalue weighted by Crippen LogP contribution is -2.26. The van der Waals surface area contributed by atoms with E-state index in [1.54, 1.807) is 0 Å². The monoisotopic (exact) mass is 211 g/mol. The first-order valence-corrected chi connectivity index (χ1v) is 6.93. The second-order valence-corrected chi connectivity index (χ2v) is 5.03. The van der Waals surface area contributed by atoms with Crippen molar-refractivity contribution in [2.24, 2.45) is 0 Å². The van der Waals surface area contributed by atoms with Gasteiger partial charge in [-0.3, -0.25) is 0 Å². The molecule has 2 heteroatoms. The van der Waals surface area contributed by atoms with Crippen molar-refractivity contribution in [2.45, 2.75) is 65.1 Å². The predicted octanol–water partition coefficient (Wildman–Crippen LogP) is 3.11. The van der Waals surface area contributed by atoms with Crippen LogP contribution in [-0.2, 0) is 0 Å². The van der Waals surface area contributed by atoms with Gasteiger partial charge in [0.2, 0.25) is 0 Å². The largest absolute Gasteiger partial charge is 0.304 e. The minimum Gasteiger partial charge on any atom is -0.304 e. The van der Waals surface area contributed by atoms with Gasteiger partial charge in [-0.25, -0.2) is 0 Å². The van der Waals surface area contributed by atoms with Crippen LogP contribution >= 0.6 is 0 Å². The zero-order valence-electron chi connectivity index (χ0n) is 11.4.